The molecule has 0 radical (unpaired) electrons. The highest BCUT2D eigenvalue weighted by atomic mass is 32.2. The first-order valence-corrected chi connectivity index (χ1v) is 11.6. The zero-order valence-electron chi connectivity index (χ0n) is 16.5. The third-order valence-electron chi connectivity index (χ3n) is 4.94. The number of hydrogen-bond donors (Lipinski definition) is 0. The van der Waals surface area contributed by atoms with Gasteiger partial charge >= 0.3 is 0 Å². The number of carbonyl (C=O) groups is 1. The summed E-state index contributed by atoms with van der Waals surface area (Å²) in [6.45, 7) is 6.22. The highest BCUT2D eigenvalue weighted by molar-refractivity contribution is 7.98. The van der Waals surface area contributed by atoms with Gasteiger partial charge in [-0.15, -0.1) is 23.1 Å². The van der Waals surface area contributed by atoms with Gasteiger partial charge in [-0.05, 0) is 42.8 Å². The number of amides is 1. The van der Waals surface area contributed by atoms with Crippen LogP contribution in [0.25, 0.3) is 0 Å². The number of aryl methyl sites for hydroxylation is 1. The van der Waals surface area contributed by atoms with Crippen molar-refractivity contribution in [3.63, 3.8) is 0 Å². The SMILES string of the molecule is Cc1nc(CSc2ccc(C(=O)N3CCN(Cc4cccnc4)CC3)cc2)cs1. The lowest BCUT2D eigenvalue weighted by Gasteiger charge is -2.34. The summed E-state index contributed by atoms with van der Waals surface area (Å²) in [6.07, 6.45) is 3.70. The first-order valence-electron chi connectivity index (χ1n) is 9.72. The smallest absolute Gasteiger partial charge is 0.253 e. The van der Waals surface area contributed by atoms with Crippen molar-refractivity contribution in [3.05, 3.63) is 76.0 Å². The van der Waals surface area contributed by atoms with Crippen molar-refractivity contribution in [3.8, 4) is 0 Å². The van der Waals surface area contributed by atoms with Crippen molar-refractivity contribution >= 4 is 29.0 Å². The van der Waals surface area contributed by atoms with E-state index in [1.165, 1.54) is 5.56 Å². The Morgan fingerprint density at radius 3 is 2.59 bits per heavy atom. The maximum absolute atomic E-state index is 12.8. The molecule has 1 aliphatic heterocycles. The Bertz CT molecular complexity index is 935. The van der Waals surface area contributed by atoms with Crippen LogP contribution in [0.15, 0.2) is 59.1 Å². The first kappa shape index (κ1) is 20.1. The molecule has 7 heteroatoms. The molecule has 1 aromatic carbocycles. The Kier molecular flexibility index (Phi) is 6.59. The molecule has 0 aliphatic carbocycles. The fraction of sp³-hybridized carbons (Fsp3) is 0.318. The van der Waals surface area contributed by atoms with Gasteiger partial charge in [0.15, 0.2) is 0 Å². The summed E-state index contributed by atoms with van der Waals surface area (Å²) >= 11 is 3.43. The van der Waals surface area contributed by atoms with E-state index in [9.17, 15) is 4.79 Å². The van der Waals surface area contributed by atoms with E-state index in [-0.39, 0.29) is 5.91 Å². The summed E-state index contributed by atoms with van der Waals surface area (Å²) in [5.74, 6) is 0.981. The van der Waals surface area contributed by atoms with Gasteiger partial charge in [0.25, 0.3) is 5.91 Å². The average Bonchev–Trinajstić information content (AvgIpc) is 3.19. The van der Waals surface area contributed by atoms with Crippen LogP contribution in [0.1, 0.15) is 26.6 Å². The summed E-state index contributed by atoms with van der Waals surface area (Å²) in [7, 11) is 0. The van der Waals surface area contributed by atoms with Gasteiger partial charge in [-0.2, -0.15) is 0 Å². The van der Waals surface area contributed by atoms with Gasteiger partial charge in [0.05, 0.1) is 10.7 Å². The van der Waals surface area contributed by atoms with Crippen LogP contribution < -0.4 is 0 Å². The van der Waals surface area contributed by atoms with Crippen molar-refractivity contribution in [2.75, 3.05) is 26.2 Å². The van der Waals surface area contributed by atoms with Gasteiger partial charge < -0.3 is 4.90 Å². The molecular weight excluding hydrogens is 400 g/mol. The van der Waals surface area contributed by atoms with Gasteiger partial charge in [-0.3, -0.25) is 14.7 Å². The van der Waals surface area contributed by atoms with Crippen LogP contribution in [0.3, 0.4) is 0 Å². The van der Waals surface area contributed by atoms with E-state index in [1.54, 1.807) is 29.3 Å². The topological polar surface area (TPSA) is 49.3 Å². The van der Waals surface area contributed by atoms with Crippen molar-refractivity contribution in [2.45, 2.75) is 24.1 Å². The minimum atomic E-state index is 0.123. The van der Waals surface area contributed by atoms with E-state index < -0.39 is 0 Å². The molecule has 1 saturated heterocycles. The maximum Gasteiger partial charge on any atom is 0.253 e. The Morgan fingerprint density at radius 1 is 1.14 bits per heavy atom. The van der Waals surface area contributed by atoms with Crippen LogP contribution in [0.4, 0.5) is 0 Å². The number of pyridine rings is 1. The molecule has 0 unspecified atom stereocenters. The number of thiazole rings is 1. The molecule has 3 heterocycles. The van der Waals surface area contributed by atoms with Crippen molar-refractivity contribution in [1.29, 1.82) is 0 Å². The fourth-order valence-electron chi connectivity index (χ4n) is 3.37. The summed E-state index contributed by atoms with van der Waals surface area (Å²) in [5.41, 5.74) is 3.09. The molecular formula is C22H24N4OS2. The number of hydrogen-bond acceptors (Lipinski definition) is 6. The molecule has 1 fully saturated rings. The number of nitrogens with zero attached hydrogens (tertiary/aromatic N) is 4. The van der Waals surface area contributed by atoms with Gasteiger partial charge in [-0.25, -0.2) is 4.98 Å². The second-order valence-corrected chi connectivity index (χ2v) is 9.21. The molecule has 0 N–H and O–H groups in total. The second kappa shape index (κ2) is 9.52. The number of thioether (sulfide) groups is 1. The number of piperazine rings is 1. The first-order chi connectivity index (χ1) is 14.2. The van der Waals surface area contributed by atoms with E-state index in [0.717, 1.165) is 59.6 Å². The highest BCUT2D eigenvalue weighted by Gasteiger charge is 2.22. The minimum Gasteiger partial charge on any atom is -0.336 e. The molecule has 4 rings (SSSR count). The standard InChI is InChI=1S/C22H24N4OS2/c1-17-24-20(15-28-17)16-29-21-6-4-19(5-7-21)22(27)26-11-9-25(10-12-26)14-18-3-2-8-23-13-18/h2-8,13,15H,9-12,14,16H2,1H3. The Balaban J connectivity index is 1.27. The quantitative estimate of drug-likeness (QED) is 0.558. The normalized spacial score (nSPS) is 14.9. The van der Waals surface area contributed by atoms with E-state index in [4.69, 9.17) is 0 Å². The lowest BCUT2D eigenvalue weighted by molar-refractivity contribution is 0.0628. The second-order valence-electron chi connectivity index (χ2n) is 7.10. The predicted molar refractivity (Wildman–Crippen MR) is 118 cm³/mol. The van der Waals surface area contributed by atoms with Crippen LogP contribution in [0.5, 0.6) is 0 Å². The van der Waals surface area contributed by atoms with Crippen molar-refractivity contribution in [1.82, 2.24) is 19.8 Å². The Hall–Kier alpha value is -2.22. The Morgan fingerprint density at radius 2 is 1.93 bits per heavy atom. The molecule has 0 spiro atoms. The number of aromatic nitrogens is 2. The molecule has 5 nitrogen and oxygen atoms in total. The molecule has 0 saturated carbocycles. The summed E-state index contributed by atoms with van der Waals surface area (Å²) < 4.78 is 0. The maximum atomic E-state index is 12.8. The van der Waals surface area contributed by atoms with Gasteiger partial charge in [0, 0.05) is 66.7 Å². The monoisotopic (exact) mass is 424 g/mol. The summed E-state index contributed by atoms with van der Waals surface area (Å²) in [6, 6.07) is 12.0. The van der Waals surface area contributed by atoms with Crippen LogP contribution >= 0.6 is 23.1 Å². The minimum absolute atomic E-state index is 0.123. The molecule has 3 aromatic rings. The molecule has 0 atom stereocenters. The fourth-order valence-corrected chi connectivity index (χ4v) is 4.88. The van der Waals surface area contributed by atoms with Crippen LogP contribution in [-0.4, -0.2) is 51.9 Å². The van der Waals surface area contributed by atoms with Crippen molar-refractivity contribution in [2.24, 2.45) is 0 Å². The zero-order chi connectivity index (χ0) is 20.1. The third-order valence-corrected chi connectivity index (χ3v) is 6.81. The molecule has 1 amide bonds. The lowest BCUT2D eigenvalue weighted by Crippen LogP contribution is -2.48. The van der Waals surface area contributed by atoms with Gasteiger partial charge in [0.1, 0.15) is 0 Å². The predicted octanol–water partition coefficient (Wildman–Crippen LogP) is 4.10. The van der Waals surface area contributed by atoms with Crippen molar-refractivity contribution < 1.29 is 4.79 Å². The van der Waals surface area contributed by atoms with E-state index in [1.807, 2.05) is 48.4 Å². The number of rotatable bonds is 6. The largest absolute Gasteiger partial charge is 0.336 e. The lowest BCUT2D eigenvalue weighted by atomic mass is 10.1. The zero-order valence-corrected chi connectivity index (χ0v) is 18.1. The molecule has 29 heavy (non-hydrogen) atoms. The van der Waals surface area contributed by atoms with Crippen LogP contribution in [0.2, 0.25) is 0 Å². The highest BCUT2D eigenvalue weighted by Crippen LogP contribution is 2.24. The average molecular weight is 425 g/mol. The number of carbonyl (C=O) groups excluding carboxylic acids is 1. The summed E-state index contributed by atoms with van der Waals surface area (Å²) in [4.78, 5) is 27.0. The summed E-state index contributed by atoms with van der Waals surface area (Å²) in [5, 5.41) is 3.20. The van der Waals surface area contributed by atoms with E-state index >= 15 is 0 Å². The van der Waals surface area contributed by atoms with Crippen LogP contribution in [-0.2, 0) is 12.3 Å². The van der Waals surface area contributed by atoms with Gasteiger partial charge in [0.2, 0.25) is 0 Å². The third kappa shape index (κ3) is 5.44. The molecule has 1 aliphatic rings. The molecule has 150 valence electrons. The number of benzene rings is 1. The molecule has 2 aromatic heterocycles. The Labute approximate surface area is 179 Å². The van der Waals surface area contributed by atoms with E-state index in [0.29, 0.717) is 0 Å². The van der Waals surface area contributed by atoms with Gasteiger partial charge in [-0.1, -0.05) is 6.07 Å². The molecule has 0 bridgehead atoms. The van der Waals surface area contributed by atoms with Crippen LogP contribution in [0, 0.1) is 6.92 Å². The van der Waals surface area contributed by atoms with E-state index in [2.05, 4.69) is 26.3 Å².